The summed E-state index contributed by atoms with van der Waals surface area (Å²) in [5.41, 5.74) is 5.46. The number of hydrogen-bond acceptors (Lipinski definition) is 5. The Morgan fingerprint density at radius 3 is 2.65 bits per heavy atom. The first kappa shape index (κ1) is 15.2. The normalized spacial score (nSPS) is 18.9. The van der Waals surface area contributed by atoms with Crippen molar-refractivity contribution in [2.24, 2.45) is 0 Å². The summed E-state index contributed by atoms with van der Waals surface area (Å²) in [7, 11) is -3.52. The summed E-state index contributed by atoms with van der Waals surface area (Å²) in [5.74, 6) is 0.310. The topological polar surface area (TPSA) is 88.3 Å². The molecule has 2 rings (SSSR count). The predicted octanol–water partition coefficient (Wildman–Crippen LogP) is 0.817. The molecule has 112 valence electrons. The molecule has 0 bridgehead atoms. The fourth-order valence-electron chi connectivity index (χ4n) is 2.45. The van der Waals surface area contributed by atoms with Crippen LogP contribution in [0.2, 0.25) is 0 Å². The second-order valence-electron chi connectivity index (χ2n) is 5.30. The van der Waals surface area contributed by atoms with Crippen LogP contribution in [0.4, 0.5) is 5.82 Å². The van der Waals surface area contributed by atoms with E-state index in [4.69, 9.17) is 5.73 Å². The van der Waals surface area contributed by atoms with Gasteiger partial charge in [-0.1, -0.05) is 6.42 Å². The monoisotopic (exact) mass is 298 g/mol. The van der Waals surface area contributed by atoms with E-state index < -0.39 is 10.0 Å². The summed E-state index contributed by atoms with van der Waals surface area (Å²) >= 11 is 0. The Bertz CT molecular complexity index is 524. The SMILES string of the molecule is CC(CN1CCCCC1)NS(=O)(=O)c1ccc(N)nc1. The van der Waals surface area contributed by atoms with Gasteiger partial charge in [0, 0.05) is 18.8 Å². The fourth-order valence-corrected chi connectivity index (χ4v) is 3.63. The second kappa shape index (κ2) is 6.51. The lowest BCUT2D eigenvalue weighted by Crippen LogP contribution is -2.43. The van der Waals surface area contributed by atoms with Gasteiger partial charge in [-0.05, 0) is 45.0 Å². The number of nitrogen functional groups attached to an aromatic ring is 1. The molecule has 1 aliphatic heterocycles. The van der Waals surface area contributed by atoms with Gasteiger partial charge in [-0.3, -0.25) is 0 Å². The highest BCUT2D eigenvalue weighted by Crippen LogP contribution is 2.11. The molecule has 0 radical (unpaired) electrons. The lowest BCUT2D eigenvalue weighted by atomic mass is 10.1. The number of nitrogens with zero attached hydrogens (tertiary/aromatic N) is 2. The molecule has 0 aromatic carbocycles. The van der Waals surface area contributed by atoms with E-state index in [0.717, 1.165) is 19.6 Å². The molecule has 0 amide bonds. The summed E-state index contributed by atoms with van der Waals surface area (Å²) < 4.78 is 27.1. The molecule has 7 heteroatoms. The van der Waals surface area contributed by atoms with E-state index in [9.17, 15) is 8.42 Å². The first-order valence-electron chi connectivity index (χ1n) is 6.93. The molecule has 1 aromatic rings. The number of sulfonamides is 1. The van der Waals surface area contributed by atoms with E-state index in [2.05, 4.69) is 14.6 Å². The Morgan fingerprint density at radius 1 is 1.35 bits per heavy atom. The molecule has 1 aliphatic rings. The van der Waals surface area contributed by atoms with E-state index in [-0.39, 0.29) is 10.9 Å². The average Bonchev–Trinajstić information content (AvgIpc) is 2.39. The first-order valence-corrected chi connectivity index (χ1v) is 8.42. The third-order valence-corrected chi connectivity index (χ3v) is 4.98. The van der Waals surface area contributed by atoms with Crippen molar-refractivity contribution >= 4 is 15.8 Å². The van der Waals surface area contributed by atoms with Crippen LogP contribution >= 0.6 is 0 Å². The van der Waals surface area contributed by atoms with Crippen LogP contribution in [0.3, 0.4) is 0 Å². The van der Waals surface area contributed by atoms with Crippen molar-refractivity contribution in [1.29, 1.82) is 0 Å². The largest absolute Gasteiger partial charge is 0.384 e. The van der Waals surface area contributed by atoms with Gasteiger partial charge in [-0.15, -0.1) is 0 Å². The van der Waals surface area contributed by atoms with Crippen LogP contribution in [-0.4, -0.2) is 44.0 Å². The Balaban J connectivity index is 1.95. The van der Waals surface area contributed by atoms with Crippen molar-refractivity contribution < 1.29 is 8.42 Å². The number of likely N-dealkylation sites (tertiary alicyclic amines) is 1. The molecule has 2 heterocycles. The highest BCUT2D eigenvalue weighted by Gasteiger charge is 2.20. The van der Waals surface area contributed by atoms with Gasteiger partial charge in [0.15, 0.2) is 0 Å². The van der Waals surface area contributed by atoms with Gasteiger partial charge in [0.1, 0.15) is 10.7 Å². The summed E-state index contributed by atoms with van der Waals surface area (Å²) in [6.07, 6.45) is 4.95. The number of anilines is 1. The van der Waals surface area contributed by atoms with Crippen molar-refractivity contribution in [3.05, 3.63) is 18.3 Å². The number of aromatic nitrogens is 1. The zero-order chi connectivity index (χ0) is 14.6. The molecule has 0 spiro atoms. The Hall–Kier alpha value is -1.18. The predicted molar refractivity (Wildman–Crippen MR) is 78.7 cm³/mol. The molecular weight excluding hydrogens is 276 g/mol. The number of piperidine rings is 1. The van der Waals surface area contributed by atoms with Crippen molar-refractivity contribution in [2.75, 3.05) is 25.4 Å². The van der Waals surface area contributed by atoms with E-state index in [1.54, 1.807) is 0 Å². The average molecular weight is 298 g/mol. The molecular formula is C13H22N4O2S. The molecule has 1 fully saturated rings. The van der Waals surface area contributed by atoms with Gasteiger partial charge >= 0.3 is 0 Å². The molecule has 0 aliphatic carbocycles. The maximum absolute atomic E-state index is 12.2. The Labute approximate surface area is 120 Å². The van der Waals surface area contributed by atoms with E-state index in [0.29, 0.717) is 5.82 Å². The van der Waals surface area contributed by atoms with Crippen LogP contribution in [0.5, 0.6) is 0 Å². The summed E-state index contributed by atoms with van der Waals surface area (Å²) in [6.45, 7) is 4.73. The van der Waals surface area contributed by atoms with E-state index >= 15 is 0 Å². The van der Waals surface area contributed by atoms with Crippen LogP contribution in [0.25, 0.3) is 0 Å². The van der Waals surface area contributed by atoms with Crippen LogP contribution in [0.1, 0.15) is 26.2 Å². The van der Waals surface area contributed by atoms with Crippen LogP contribution in [-0.2, 0) is 10.0 Å². The standard InChI is InChI=1S/C13H22N4O2S/c1-11(10-17-7-3-2-4-8-17)16-20(18,19)12-5-6-13(14)15-9-12/h5-6,9,11,16H,2-4,7-8,10H2,1H3,(H2,14,15). The maximum atomic E-state index is 12.2. The van der Waals surface area contributed by atoms with E-state index in [1.807, 2.05) is 6.92 Å². The number of rotatable bonds is 5. The number of nitrogens with two attached hydrogens (primary N) is 1. The van der Waals surface area contributed by atoms with Crippen molar-refractivity contribution in [3.8, 4) is 0 Å². The quantitative estimate of drug-likeness (QED) is 0.840. The highest BCUT2D eigenvalue weighted by atomic mass is 32.2. The number of pyridine rings is 1. The second-order valence-corrected chi connectivity index (χ2v) is 7.02. The summed E-state index contributed by atoms with van der Waals surface area (Å²) in [4.78, 5) is 6.27. The first-order chi connectivity index (χ1) is 9.47. The maximum Gasteiger partial charge on any atom is 0.242 e. The van der Waals surface area contributed by atoms with Gasteiger partial charge in [-0.25, -0.2) is 18.1 Å². The zero-order valence-electron chi connectivity index (χ0n) is 11.7. The minimum atomic E-state index is -3.52. The lowest BCUT2D eigenvalue weighted by Gasteiger charge is -2.29. The Morgan fingerprint density at radius 2 is 2.05 bits per heavy atom. The molecule has 1 atom stereocenters. The van der Waals surface area contributed by atoms with Gasteiger partial charge in [0.05, 0.1) is 0 Å². The van der Waals surface area contributed by atoms with E-state index in [1.165, 1.54) is 37.6 Å². The van der Waals surface area contributed by atoms with Gasteiger partial charge in [0.2, 0.25) is 10.0 Å². The molecule has 1 saturated heterocycles. The highest BCUT2D eigenvalue weighted by molar-refractivity contribution is 7.89. The molecule has 20 heavy (non-hydrogen) atoms. The van der Waals surface area contributed by atoms with Gasteiger partial charge < -0.3 is 10.6 Å². The van der Waals surface area contributed by atoms with Crippen LogP contribution < -0.4 is 10.5 Å². The third kappa shape index (κ3) is 4.16. The number of hydrogen-bond donors (Lipinski definition) is 2. The van der Waals surface area contributed by atoms with Crippen molar-refractivity contribution in [1.82, 2.24) is 14.6 Å². The summed E-state index contributed by atoms with van der Waals surface area (Å²) in [5, 5.41) is 0. The summed E-state index contributed by atoms with van der Waals surface area (Å²) in [6, 6.07) is 2.83. The molecule has 0 saturated carbocycles. The number of nitrogens with one attached hydrogen (secondary N) is 1. The molecule has 3 N–H and O–H groups in total. The van der Waals surface area contributed by atoms with Crippen molar-refractivity contribution in [2.45, 2.75) is 37.1 Å². The third-order valence-electron chi connectivity index (χ3n) is 3.41. The Kier molecular flexibility index (Phi) is 4.95. The smallest absolute Gasteiger partial charge is 0.242 e. The van der Waals surface area contributed by atoms with Crippen LogP contribution in [0, 0.1) is 0 Å². The zero-order valence-corrected chi connectivity index (χ0v) is 12.6. The van der Waals surface area contributed by atoms with Gasteiger partial charge in [-0.2, -0.15) is 0 Å². The lowest BCUT2D eigenvalue weighted by molar-refractivity contribution is 0.215. The molecule has 1 unspecified atom stereocenters. The van der Waals surface area contributed by atoms with Gasteiger partial charge in [0.25, 0.3) is 0 Å². The van der Waals surface area contributed by atoms with Crippen molar-refractivity contribution in [3.63, 3.8) is 0 Å². The molecule has 1 aromatic heterocycles. The minimum absolute atomic E-state index is 0.129. The fraction of sp³-hybridized carbons (Fsp3) is 0.615. The minimum Gasteiger partial charge on any atom is -0.384 e. The molecule has 6 nitrogen and oxygen atoms in total. The van der Waals surface area contributed by atoms with Crippen LogP contribution in [0.15, 0.2) is 23.2 Å².